The van der Waals surface area contributed by atoms with E-state index in [-0.39, 0.29) is 12.1 Å². The molecule has 0 saturated heterocycles. The van der Waals surface area contributed by atoms with E-state index in [2.05, 4.69) is 58.8 Å². The van der Waals surface area contributed by atoms with E-state index < -0.39 is 0 Å². The molecule has 6 heteroatoms. The Balaban J connectivity index is 1.35. The summed E-state index contributed by atoms with van der Waals surface area (Å²) in [6.07, 6.45) is 7.96. The van der Waals surface area contributed by atoms with Gasteiger partial charge >= 0.3 is 0 Å². The number of pyridine rings is 1. The van der Waals surface area contributed by atoms with E-state index in [1.807, 2.05) is 43.7 Å². The number of aromatic nitrogens is 3. The lowest BCUT2D eigenvalue weighted by Gasteiger charge is -2.28. The molecule has 6 nitrogen and oxygen atoms in total. The van der Waals surface area contributed by atoms with Crippen LogP contribution in [0.15, 0.2) is 71.9 Å². The van der Waals surface area contributed by atoms with Crippen molar-refractivity contribution in [3.63, 3.8) is 0 Å². The van der Waals surface area contributed by atoms with Crippen LogP contribution in [0, 0.1) is 0 Å². The first-order chi connectivity index (χ1) is 16.7. The predicted molar refractivity (Wildman–Crippen MR) is 138 cm³/mol. The number of para-hydroxylation sites is 2. The van der Waals surface area contributed by atoms with Gasteiger partial charge in [0.2, 0.25) is 0 Å². The van der Waals surface area contributed by atoms with Crippen molar-refractivity contribution in [2.45, 2.75) is 37.8 Å². The van der Waals surface area contributed by atoms with Crippen molar-refractivity contribution < 1.29 is 0 Å². The van der Waals surface area contributed by atoms with Crippen LogP contribution in [0.3, 0.4) is 0 Å². The third kappa shape index (κ3) is 5.02. The maximum Gasteiger partial charge on any atom is 0.111 e. The quantitative estimate of drug-likeness (QED) is 0.296. The Hall–Kier alpha value is -3.51. The standard InChI is InChI=1S/C28H32N6/c1-34(2)19-31-26(20-9-4-3-5-10-20)18-30-25-14-8-11-22-21(15-16-29-28(22)25)17-27-32-23-12-6-7-13-24(23)33-27/h3-7,9-10,12-13,15-16,19,25-26,30H,8,11,14,17-18H2,1-2H3,(H,32,33). The zero-order valence-corrected chi connectivity index (χ0v) is 19.9. The van der Waals surface area contributed by atoms with Gasteiger partial charge in [-0.2, -0.15) is 0 Å². The first-order valence-electron chi connectivity index (χ1n) is 12.1. The van der Waals surface area contributed by atoms with Gasteiger partial charge in [0.15, 0.2) is 0 Å². The fourth-order valence-electron chi connectivity index (χ4n) is 4.79. The van der Waals surface area contributed by atoms with Crippen LogP contribution in [0.5, 0.6) is 0 Å². The number of rotatable bonds is 8. The van der Waals surface area contributed by atoms with Crippen LogP contribution in [-0.2, 0) is 12.8 Å². The van der Waals surface area contributed by atoms with Crippen molar-refractivity contribution in [2.75, 3.05) is 20.6 Å². The van der Waals surface area contributed by atoms with Crippen LogP contribution in [-0.4, -0.2) is 46.8 Å². The minimum atomic E-state index is 0.0627. The highest BCUT2D eigenvalue weighted by Crippen LogP contribution is 2.32. The molecule has 0 radical (unpaired) electrons. The predicted octanol–water partition coefficient (Wildman–Crippen LogP) is 4.85. The second kappa shape index (κ2) is 10.2. The molecular weight excluding hydrogens is 420 g/mol. The molecule has 2 N–H and O–H groups in total. The van der Waals surface area contributed by atoms with E-state index in [4.69, 9.17) is 15.0 Å². The van der Waals surface area contributed by atoms with Gasteiger partial charge in [-0.05, 0) is 54.2 Å². The maximum absolute atomic E-state index is 4.83. The average Bonchev–Trinajstić information content (AvgIpc) is 3.27. The molecule has 0 saturated carbocycles. The average molecular weight is 453 g/mol. The van der Waals surface area contributed by atoms with Gasteiger partial charge in [-0.1, -0.05) is 42.5 Å². The maximum atomic E-state index is 4.83. The summed E-state index contributed by atoms with van der Waals surface area (Å²) in [7, 11) is 4.01. The molecule has 0 amide bonds. The molecule has 2 heterocycles. The van der Waals surface area contributed by atoms with Crippen molar-refractivity contribution in [3.8, 4) is 0 Å². The number of hydrogen-bond acceptors (Lipinski definition) is 4. The summed E-state index contributed by atoms with van der Waals surface area (Å²) in [6, 6.07) is 21.2. The Kier molecular flexibility index (Phi) is 6.67. The van der Waals surface area contributed by atoms with Gasteiger partial charge in [-0.25, -0.2) is 4.98 Å². The number of aliphatic imine (C=N–C) groups is 1. The lowest BCUT2D eigenvalue weighted by Crippen LogP contribution is -2.30. The van der Waals surface area contributed by atoms with Crippen molar-refractivity contribution in [1.82, 2.24) is 25.2 Å². The van der Waals surface area contributed by atoms with Gasteiger partial charge in [0.1, 0.15) is 5.82 Å². The number of H-pyrrole nitrogens is 1. The second-order valence-corrected chi connectivity index (χ2v) is 9.22. The van der Waals surface area contributed by atoms with Crippen molar-refractivity contribution in [2.24, 2.45) is 4.99 Å². The highest BCUT2D eigenvalue weighted by atomic mass is 15.1. The molecule has 1 aliphatic carbocycles. The Morgan fingerprint density at radius 2 is 1.94 bits per heavy atom. The fraction of sp³-hybridized carbons (Fsp3) is 0.321. The van der Waals surface area contributed by atoms with Crippen LogP contribution in [0.1, 0.15) is 53.1 Å². The lowest BCUT2D eigenvalue weighted by molar-refractivity contribution is 0.431. The Bertz CT molecular complexity index is 1230. The number of nitrogens with zero attached hydrogens (tertiary/aromatic N) is 4. The summed E-state index contributed by atoms with van der Waals surface area (Å²) in [4.78, 5) is 19.9. The van der Waals surface area contributed by atoms with E-state index >= 15 is 0 Å². The van der Waals surface area contributed by atoms with Gasteiger partial charge < -0.3 is 15.2 Å². The molecular formula is C28H32N6. The molecule has 34 heavy (non-hydrogen) atoms. The van der Waals surface area contributed by atoms with Gasteiger partial charge in [0.25, 0.3) is 0 Å². The summed E-state index contributed by atoms with van der Waals surface area (Å²) in [5.74, 6) is 1.01. The van der Waals surface area contributed by atoms with E-state index in [0.29, 0.717) is 0 Å². The molecule has 2 aromatic carbocycles. The van der Waals surface area contributed by atoms with Crippen LogP contribution >= 0.6 is 0 Å². The molecule has 174 valence electrons. The van der Waals surface area contributed by atoms with Crippen LogP contribution < -0.4 is 5.32 Å². The molecule has 0 bridgehead atoms. The highest BCUT2D eigenvalue weighted by molar-refractivity contribution is 5.74. The molecule has 4 aromatic rings. The molecule has 5 rings (SSSR count). The molecule has 2 atom stereocenters. The minimum Gasteiger partial charge on any atom is -0.369 e. The Morgan fingerprint density at radius 3 is 2.76 bits per heavy atom. The summed E-state index contributed by atoms with van der Waals surface area (Å²) in [5, 5.41) is 3.79. The van der Waals surface area contributed by atoms with Crippen LogP contribution in [0.2, 0.25) is 0 Å². The van der Waals surface area contributed by atoms with Gasteiger partial charge in [0.05, 0.1) is 29.1 Å². The van der Waals surface area contributed by atoms with Crippen molar-refractivity contribution >= 4 is 17.4 Å². The molecule has 0 aliphatic heterocycles. The SMILES string of the molecule is CN(C)C=NC(CNC1CCCc2c(Cc3nc4ccccc4[nH]3)ccnc21)c1ccccc1. The zero-order valence-electron chi connectivity index (χ0n) is 19.9. The van der Waals surface area contributed by atoms with Gasteiger partial charge in [0, 0.05) is 39.3 Å². The first kappa shape index (κ1) is 22.3. The minimum absolute atomic E-state index is 0.0627. The lowest BCUT2D eigenvalue weighted by atomic mass is 9.87. The van der Waals surface area contributed by atoms with E-state index in [9.17, 15) is 0 Å². The Labute approximate surface area is 201 Å². The summed E-state index contributed by atoms with van der Waals surface area (Å²) in [5.41, 5.74) is 7.20. The van der Waals surface area contributed by atoms with Crippen molar-refractivity contribution in [3.05, 3.63) is 95.1 Å². The summed E-state index contributed by atoms with van der Waals surface area (Å²) >= 11 is 0. The van der Waals surface area contributed by atoms with Crippen LogP contribution in [0.4, 0.5) is 0 Å². The summed E-state index contributed by atoms with van der Waals surface area (Å²) in [6.45, 7) is 0.772. The summed E-state index contributed by atoms with van der Waals surface area (Å²) < 4.78 is 0. The number of fused-ring (bicyclic) bond motifs is 2. The largest absolute Gasteiger partial charge is 0.369 e. The van der Waals surface area contributed by atoms with Crippen LogP contribution in [0.25, 0.3) is 11.0 Å². The molecule has 0 fully saturated rings. The molecule has 1 aliphatic rings. The first-order valence-corrected chi connectivity index (χ1v) is 12.1. The topological polar surface area (TPSA) is 69.2 Å². The second-order valence-electron chi connectivity index (χ2n) is 9.22. The smallest absolute Gasteiger partial charge is 0.111 e. The van der Waals surface area contributed by atoms with Gasteiger partial charge in [-0.3, -0.25) is 9.98 Å². The number of nitrogens with one attached hydrogen (secondary N) is 2. The molecule has 2 aromatic heterocycles. The van der Waals surface area contributed by atoms with E-state index in [0.717, 1.165) is 49.1 Å². The zero-order chi connectivity index (χ0) is 23.3. The number of imidazole rings is 1. The normalized spacial score (nSPS) is 16.6. The van der Waals surface area contributed by atoms with E-state index in [1.54, 1.807) is 0 Å². The molecule has 0 spiro atoms. The Morgan fingerprint density at radius 1 is 1.12 bits per heavy atom. The van der Waals surface area contributed by atoms with Gasteiger partial charge in [-0.15, -0.1) is 0 Å². The number of hydrogen-bond donors (Lipinski definition) is 2. The molecule has 2 unspecified atom stereocenters. The fourth-order valence-corrected chi connectivity index (χ4v) is 4.79. The third-order valence-corrected chi connectivity index (χ3v) is 6.45. The highest BCUT2D eigenvalue weighted by Gasteiger charge is 2.25. The third-order valence-electron chi connectivity index (χ3n) is 6.45. The number of benzene rings is 2. The number of aromatic amines is 1. The monoisotopic (exact) mass is 452 g/mol. The van der Waals surface area contributed by atoms with E-state index in [1.165, 1.54) is 22.4 Å². The van der Waals surface area contributed by atoms with Crippen molar-refractivity contribution in [1.29, 1.82) is 0 Å².